The van der Waals surface area contributed by atoms with Crippen LogP contribution in [0.1, 0.15) is 17.0 Å². The molecule has 0 spiro atoms. The van der Waals surface area contributed by atoms with Crippen molar-refractivity contribution in [1.82, 2.24) is 19.5 Å². The molecule has 0 saturated carbocycles. The Bertz CT molecular complexity index is 504. The number of rotatable bonds is 1. The zero-order valence-corrected chi connectivity index (χ0v) is 9.58. The molecule has 0 N–H and O–H groups in total. The summed E-state index contributed by atoms with van der Waals surface area (Å²) in [6, 6.07) is 0. The molecule has 2 rings (SSSR count). The zero-order chi connectivity index (χ0) is 11.0. The third-order valence-corrected chi connectivity index (χ3v) is 2.86. The summed E-state index contributed by atoms with van der Waals surface area (Å²) in [6.45, 7) is 5.86. The van der Waals surface area contributed by atoms with Crippen LogP contribution in [-0.4, -0.2) is 19.5 Å². The van der Waals surface area contributed by atoms with Gasteiger partial charge in [0.1, 0.15) is 23.6 Å². The van der Waals surface area contributed by atoms with Crippen molar-refractivity contribution in [3.05, 3.63) is 34.8 Å². The highest BCUT2D eigenvalue weighted by Gasteiger charge is 2.10. The van der Waals surface area contributed by atoms with Gasteiger partial charge in [0.25, 0.3) is 0 Å². The van der Waals surface area contributed by atoms with Crippen molar-refractivity contribution >= 4 is 11.6 Å². The average Bonchev–Trinajstić information content (AvgIpc) is 2.53. The average molecular weight is 223 g/mol. The zero-order valence-electron chi connectivity index (χ0n) is 8.82. The van der Waals surface area contributed by atoms with Gasteiger partial charge in [0.05, 0.1) is 5.69 Å². The maximum atomic E-state index is 5.94. The van der Waals surface area contributed by atoms with Gasteiger partial charge < -0.3 is 0 Å². The minimum absolute atomic E-state index is 0.478. The summed E-state index contributed by atoms with van der Waals surface area (Å²) < 4.78 is 1.91. The molecule has 2 aromatic heterocycles. The Morgan fingerprint density at radius 1 is 1.13 bits per heavy atom. The van der Waals surface area contributed by atoms with Crippen molar-refractivity contribution in [3.63, 3.8) is 0 Å². The van der Waals surface area contributed by atoms with Crippen molar-refractivity contribution in [2.75, 3.05) is 0 Å². The number of nitrogens with zero attached hydrogens (tertiary/aromatic N) is 4. The van der Waals surface area contributed by atoms with Crippen LogP contribution in [0.3, 0.4) is 0 Å². The largest absolute Gasteiger partial charge is 0.287 e. The Morgan fingerprint density at radius 3 is 2.47 bits per heavy atom. The van der Waals surface area contributed by atoms with Gasteiger partial charge in [0.2, 0.25) is 0 Å². The first-order valence-corrected chi connectivity index (χ1v) is 4.97. The van der Waals surface area contributed by atoms with E-state index in [1.165, 1.54) is 6.33 Å². The topological polar surface area (TPSA) is 43.6 Å². The second-order valence-electron chi connectivity index (χ2n) is 3.40. The molecule has 2 heterocycles. The van der Waals surface area contributed by atoms with Gasteiger partial charge in [-0.3, -0.25) is 4.57 Å². The van der Waals surface area contributed by atoms with Crippen molar-refractivity contribution in [2.45, 2.75) is 20.8 Å². The molecule has 0 aliphatic carbocycles. The summed E-state index contributed by atoms with van der Waals surface area (Å²) in [6.07, 6.45) is 3.20. The molecule has 5 heteroatoms. The fraction of sp³-hybridized carbons (Fsp3) is 0.300. The first-order valence-electron chi connectivity index (χ1n) is 4.59. The maximum absolute atomic E-state index is 5.94. The molecule has 0 radical (unpaired) electrons. The second kappa shape index (κ2) is 3.62. The van der Waals surface area contributed by atoms with Crippen LogP contribution in [0.15, 0.2) is 12.7 Å². The van der Waals surface area contributed by atoms with Crippen molar-refractivity contribution in [3.8, 4) is 5.82 Å². The fourth-order valence-corrected chi connectivity index (χ4v) is 1.50. The van der Waals surface area contributed by atoms with E-state index < -0.39 is 0 Å². The van der Waals surface area contributed by atoms with E-state index in [1.54, 1.807) is 6.33 Å². The second-order valence-corrected chi connectivity index (χ2v) is 3.76. The molecule has 0 aliphatic rings. The van der Waals surface area contributed by atoms with Crippen LogP contribution in [-0.2, 0) is 0 Å². The molecule has 0 unspecified atom stereocenters. The van der Waals surface area contributed by atoms with E-state index in [-0.39, 0.29) is 0 Å². The molecule has 0 aliphatic heterocycles. The number of hydrogen-bond acceptors (Lipinski definition) is 3. The fourth-order valence-electron chi connectivity index (χ4n) is 1.38. The van der Waals surface area contributed by atoms with Crippen LogP contribution in [0.25, 0.3) is 5.82 Å². The van der Waals surface area contributed by atoms with E-state index in [9.17, 15) is 0 Å². The SMILES string of the molecule is Cc1ncn(-c2ncnc(Cl)c2C)c1C. The third-order valence-electron chi connectivity index (χ3n) is 2.48. The summed E-state index contributed by atoms with van der Waals surface area (Å²) in [7, 11) is 0. The number of imidazole rings is 1. The lowest BCUT2D eigenvalue weighted by Crippen LogP contribution is -2.02. The van der Waals surface area contributed by atoms with Gasteiger partial charge in [-0.25, -0.2) is 15.0 Å². The Labute approximate surface area is 93.0 Å². The Hall–Kier alpha value is -1.42. The van der Waals surface area contributed by atoms with Crippen LogP contribution in [0.5, 0.6) is 0 Å². The van der Waals surface area contributed by atoms with E-state index in [0.29, 0.717) is 5.15 Å². The number of aryl methyl sites for hydroxylation is 1. The van der Waals surface area contributed by atoms with Gasteiger partial charge in [-0.1, -0.05) is 11.6 Å². The minimum atomic E-state index is 0.478. The lowest BCUT2D eigenvalue weighted by Gasteiger charge is -2.07. The highest BCUT2D eigenvalue weighted by molar-refractivity contribution is 6.30. The molecular weight excluding hydrogens is 212 g/mol. The highest BCUT2D eigenvalue weighted by Crippen LogP contribution is 2.19. The predicted molar refractivity (Wildman–Crippen MR) is 58.4 cm³/mol. The molecule has 0 atom stereocenters. The molecular formula is C10H11ClN4. The molecule has 0 fully saturated rings. The Balaban J connectivity index is 2.64. The van der Waals surface area contributed by atoms with Gasteiger partial charge in [-0.05, 0) is 20.8 Å². The van der Waals surface area contributed by atoms with Gasteiger partial charge in [0.15, 0.2) is 0 Å². The molecule has 4 nitrogen and oxygen atoms in total. The summed E-state index contributed by atoms with van der Waals surface area (Å²) in [5.74, 6) is 0.785. The van der Waals surface area contributed by atoms with Crippen LogP contribution in [0.4, 0.5) is 0 Å². The quantitative estimate of drug-likeness (QED) is 0.695. The minimum Gasteiger partial charge on any atom is -0.287 e. The first kappa shape index (κ1) is 10.1. The summed E-state index contributed by atoms with van der Waals surface area (Å²) in [5.41, 5.74) is 2.91. The first-order chi connectivity index (χ1) is 7.11. The predicted octanol–water partition coefficient (Wildman–Crippen LogP) is 2.24. The third kappa shape index (κ3) is 1.61. The maximum Gasteiger partial charge on any atom is 0.145 e. The summed E-state index contributed by atoms with van der Waals surface area (Å²) in [5, 5.41) is 0.478. The van der Waals surface area contributed by atoms with Crippen molar-refractivity contribution in [2.24, 2.45) is 0 Å². The lowest BCUT2D eigenvalue weighted by molar-refractivity contribution is 0.918. The summed E-state index contributed by atoms with van der Waals surface area (Å²) >= 11 is 5.94. The Kier molecular flexibility index (Phi) is 2.44. The number of hydrogen-bond donors (Lipinski definition) is 0. The molecule has 0 bridgehead atoms. The Morgan fingerprint density at radius 2 is 1.87 bits per heavy atom. The van der Waals surface area contributed by atoms with Crippen LogP contribution >= 0.6 is 11.6 Å². The monoisotopic (exact) mass is 222 g/mol. The van der Waals surface area contributed by atoms with Gasteiger partial charge in [-0.2, -0.15) is 0 Å². The van der Waals surface area contributed by atoms with E-state index in [1.807, 2.05) is 25.3 Å². The van der Waals surface area contributed by atoms with Gasteiger partial charge in [0, 0.05) is 11.3 Å². The lowest BCUT2D eigenvalue weighted by atomic mass is 10.3. The smallest absolute Gasteiger partial charge is 0.145 e. The highest BCUT2D eigenvalue weighted by atomic mass is 35.5. The molecule has 78 valence electrons. The van der Waals surface area contributed by atoms with E-state index >= 15 is 0 Å². The van der Waals surface area contributed by atoms with Crippen LogP contribution in [0, 0.1) is 20.8 Å². The van der Waals surface area contributed by atoms with E-state index in [4.69, 9.17) is 11.6 Å². The van der Waals surface area contributed by atoms with E-state index in [2.05, 4.69) is 15.0 Å². The molecule has 0 saturated heterocycles. The number of aromatic nitrogens is 4. The normalized spacial score (nSPS) is 10.7. The molecule has 0 amide bonds. The van der Waals surface area contributed by atoms with Crippen molar-refractivity contribution in [1.29, 1.82) is 0 Å². The van der Waals surface area contributed by atoms with Crippen molar-refractivity contribution < 1.29 is 0 Å². The van der Waals surface area contributed by atoms with E-state index in [0.717, 1.165) is 22.8 Å². The molecule has 0 aromatic carbocycles. The standard InChI is InChI=1S/C10H11ClN4/c1-6-9(11)12-4-13-10(6)15-5-14-7(2)8(15)3/h4-5H,1-3H3. The van der Waals surface area contributed by atoms with Gasteiger partial charge in [-0.15, -0.1) is 0 Å². The van der Waals surface area contributed by atoms with Crippen LogP contribution < -0.4 is 0 Å². The van der Waals surface area contributed by atoms with Crippen LogP contribution in [0.2, 0.25) is 5.15 Å². The summed E-state index contributed by atoms with van der Waals surface area (Å²) in [4.78, 5) is 12.4. The van der Waals surface area contributed by atoms with Gasteiger partial charge >= 0.3 is 0 Å². The number of halogens is 1. The molecule has 2 aromatic rings. The molecule has 15 heavy (non-hydrogen) atoms.